The van der Waals surface area contributed by atoms with Crippen LogP contribution in [0.5, 0.6) is 0 Å². The van der Waals surface area contributed by atoms with E-state index in [1.807, 2.05) is 36.5 Å². The molecule has 4 nitrogen and oxygen atoms in total. The van der Waals surface area contributed by atoms with Crippen molar-refractivity contribution >= 4 is 28.4 Å². The molecule has 2 heterocycles. The number of carbonyl (C=O) groups is 1. The van der Waals surface area contributed by atoms with Crippen molar-refractivity contribution in [3.8, 4) is 11.3 Å². The van der Waals surface area contributed by atoms with E-state index < -0.39 is 0 Å². The Labute approximate surface area is 145 Å². The van der Waals surface area contributed by atoms with Crippen LogP contribution >= 0.6 is 11.6 Å². The van der Waals surface area contributed by atoms with Crippen molar-refractivity contribution < 1.29 is 4.79 Å². The van der Waals surface area contributed by atoms with Crippen molar-refractivity contribution in [1.82, 2.24) is 14.8 Å². The van der Waals surface area contributed by atoms with Gasteiger partial charge in [0.25, 0.3) is 0 Å². The van der Waals surface area contributed by atoms with E-state index in [2.05, 4.69) is 10.2 Å². The molecule has 0 bridgehead atoms. The summed E-state index contributed by atoms with van der Waals surface area (Å²) in [5.74, 6) is 0.317. The highest BCUT2D eigenvalue weighted by atomic mass is 35.5. The summed E-state index contributed by atoms with van der Waals surface area (Å²) in [6.45, 7) is 0. The van der Waals surface area contributed by atoms with Crippen molar-refractivity contribution in [2.75, 3.05) is 0 Å². The molecule has 1 aromatic carbocycles. The molecule has 1 aliphatic carbocycles. The first kappa shape index (κ1) is 15.3. The van der Waals surface area contributed by atoms with Crippen LogP contribution in [0, 0.1) is 5.92 Å². The highest BCUT2D eigenvalue weighted by Gasteiger charge is 2.24. The van der Waals surface area contributed by atoms with Gasteiger partial charge in [0.15, 0.2) is 5.15 Å². The fraction of sp³-hybridized carbons (Fsp3) is 0.316. The average Bonchev–Trinajstić information content (AvgIpc) is 3.02. The fourth-order valence-corrected chi connectivity index (χ4v) is 3.67. The topological polar surface area (TPSA) is 47.8 Å². The van der Waals surface area contributed by atoms with Gasteiger partial charge < -0.3 is 0 Å². The van der Waals surface area contributed by atoms with Gasteiger partial charge in [0, 0.05) is 23.1 Å². The Bertz CT molecular complexity index is 879. The zero-order valence-electron chi connectivity index (χ0n) is 13.3. The van der Waals surface area contributed by atoms with E-state index in [0.717, 1.165) is 47.8 Å². The number of rotatable bonds is 2. The van der Waals surface area contributed by atoms with E-state index in [9.17, 15) is 4.79 Å². The molecule has 0 N–H and O–H groups in total. The Morgan fingerprint density at radius 2 is 1.83 bits per heavy atom. The van der Waals surface area contributed by atoms with Crippen molar-refractivity contribution in [3.05, 3.63) is 47.7 Å². The monoisotopic (exact) mass is 339 g/mol. The minimum Gasteiger partial charge on any atom is -0.286 e. The Hall–Kier alpha value is -2.20. The van der Waals surface area contributed by atoms with Gasteiger partial charge in [-0.3, -0.25) is 9.36 Å². The third-order valence-corrected chi connectivity index (χ3v) is 5.01. The summed E-state index contributed by atoms with van der Waals surface area (Å²) in [7, 11) is 0. The van der Waals surface area contributed by atoms with Crippen molar-refractivity contribution in [3.63, 3.8) is 0 Å². The van der Waals surface area contributed by atoms with Gasteiger partial charge in [-0.1, -0.05) is 49.1 Å². The molecular weight excluding hydrogens is 322 g/mol. The van der Waals surface area contributed by atoms with E-state index in [-0.39, 0.29) is 11.8 Å². The highest BCUT2D eigenvalue weighted by Crippen LogP contribution is 2.32. The molecule has 1 fully saturated rings. The van der Waals surface area contributed by atoms with E-state index in [4.69, 9.17) is 11.6 Å². The minimum atomic E-state index is 0.124. The molecule has 24 heavy (non-hydrogen) atoms. The summed E-state index contributed by atoms with van der Waals surface area (Å²) < 4.78 is 1.80. The summed E-state index contributed by atoms with van der Waals surface area (Å²) in [6, 6.07) is 11.5. The summed E-state index contributed by atoms with van der Waals surface area (Å²) in [5, 5.41) is 9.48. The summed E-state index contributed by atoms with van der Waals surface area (Å²) in [5.41, 5.74) is 2.57. The Kier molecular flexibility index (Phi) is 4.07. The maximum absolute atomic E-state index is 13.0. The Morgan fingerprint density at radius 3 is 2.58 bits per heavy atom. The first-order valence-corrected chi connectivity index (χ1v) is 8.76. The van der Waals surface area contributed by atoms with Gasteiger partial charge >= 0.3 is 0 Å². The molecule has 0 saturated heterocycles. The second-order valence-corrected chi connectivity index (χ2v) is 6.73. The van der Waals surface area contributed by atoms with Crippen LogP contribution in [0.1, 0.15) is 36.9 Å². The third kappa shape index (κ3) is 2.71. The van der Waals surface area contributed by atoms with Crippen molar-refractivity contribution in [2.45, 2.75) is 32.1 Å². The predicted octanol–water partition coefficient (Wildman–Crippen LogP) is 4.97. The molecule has 3 aromatic rings. The second kappa shape index (κ2) is 6.36. The van der Waals surface area contributed by atoms with Gasteiger partial charge in [0.2, 0.25) is 5.91 Å². The summed E-state index contributed by atoms with van der Waals surface area (Å²) >= 11 is 5.84. The largest absolute Gasteiger partial charge is 0.286 e. The van der Waals surface area contributed by atoms with Crippen LogP contribution in [-0.4, -0.2) is 20.7 Å². The molecule has 2 aromatic heterocycles. The number of carbonyl (C=O) groups excluding carboxylic acids is 1. The van der Waals surface area contributed by atoms with Crippen molar-refractivity contribution in [1.29, 1.82) is 0 Å². The number of para-hydroxylation sites is 1. The normalized spacial score (nSPS) is 15.7. The molecule has 0 radical (unpaired) electrons. The molecule has 1 saturated carbocycles. The number of fused-ring (bicyclic) bond motifs is 1. The summed E-state index contributed by atoms with van der Waals surface area (Å²) in [4.78, 5) is 13.0. The number of nitrogens with zero attached hydrogens (tertiary/aromatic N) is 3. The van der Waals surface area contributed by atoms with Crippen LogP contribution in [0.15, 0.2) is 42.6 Å². The van der Waals surface area contributed by atoms with E-state index in [1.165, 1.54) is 6.42 Å². The summed E-state index contributed by atoms with van der Waals surface area (Å²) in [6.07, 6.45) is 7.40. The molecule has 0 unspecified atom stereocenters. The minimum absolute atomic E-state index is 0.124. The van der Waals surface area contributed by atoms with Crippen LogP contribution < -0.4 is 0 Å². The Morgan fingerprint density at radius 1 is 1.04 bits per heavy atom. The van der Waals surface area contributed by atoms with Gasteiger partial charge in [-0.15, -0.1) is 10.2 Å². The van der Waals surface area contributed by atoms with Gasteiger partial charge in [0.1, 0.15) is 0 Å². The number of hydrogen-bond acceptors (Lipinski definition) is 3. The van der Waals surface area contributed by atoms with Crippen LogP contribution in [0.4, 0.5) is 0 Å². The number of aromatic nitrogens is 3. The SMILES string of the molecule is O=C(C1CCCCC1)n1cc(-c2ccc(Cl)nn2)c2ccccc21. The van der Waals surface area contributed by atoms with Gasteiger partial charge in [0.05, 0.1) is 11.2 Å². The number of hydrogen-bond donors (Lipinski definition) is 0. The predicted molar refractivity (Wildman–Crippen MR) is 95.2 cm³/mol. The van der Waals surface area contributed by atoms with Crippen molar-refractivity contribution in [2.24, 2.45) is 5.92 Å². The molecule has 0 spiro atoms. The van der Waals surface area contributed by atoms with Crippen LogP contribution in [-0.2, 0) is 0 Å². The first-order valence-electron chi connectivity index (χ1n) is 8.38. The Balaban J connectivity index is 1.82. The quantitative estimate of drug-likeness (QED) is 0.662. The van der Waals surface area contributed by atoms with Crippen LogP contribution in [0.2, 0.25) is 5.15 Å². The molecule has 122 valence electrons. The molecule has 5 heteroatoms. The molecular formula is C19H18ClN3O. The number of halogens is 1. The zero-order valence-corrected chi connectivity index (χ0v) is 14.0. The lowest BCUT2D eigenvalue weighted by Gasteiger charge is -2.20. The molecule has 1 aliphatic rings. The van der Waals surface area contributed by atoms with Crippen LogP contribution in [0.3, 0.4) is 0 Å². The smallest absolute Gasteiger partial charge is 0.234 e. The molecule has 0 atom stereocenters. The second-order valence-electron chi connectivity index (χ2n) is 6.34. The first-order chi connectivity index (χ1) is 11.7. The maximum Gasteiger partial charge on any atom is 0.234 e. The standard InChI is InChI=1S/C19H18ClN3O/c20-18-11-10-16(21-22-18)15-12-23(17-9-5-4-8-14(15)17)19(24)13-6-2-1-3-7-13/h4-5,8-13H,1-3,6-7H2. The fourth-order valence-electron chi connectivity index (χ4n) is 3.57. The van der Waals surface area contributed by atoms with Crippen LogP contribution in [0.25, 0.3) is 22.2 Å². The number of benzene rings is 1. The van der Waals surface area contributed by atoms with Gasteiger partial charge in [-0.2, -0.15) is 0 Å². The van der Waals surface area contributed by atoms with E-state index in [1.54, 1.807) is 10.6 Å². The lowest BCUT2D eigenvalue weighted by molar-refractivity contribution is 0.0807. The average molecular weight is 340 g/mol. The molecule has 4 rings (SSSR count). The highest BCUT2D eigenvalue weighted by molar-refractivity contribution is 6.29. The lowest BCUT2D eigenvalue weighted by Crippen LogP contribution is -2.23. The van der Waals surface area contributed by atoms with E-state index in [0.29, 0.717) is 5.15 Å². The molecule has 0 amide bonds. The third-order valence-electron chi connectivity index (χ3n) is 4.81. The van der Waals surface area contributed by atoms with Gasteiger partial charge in [-0.25, -0.2) is 0 Å². The van der Waals surface area contributed by atoms with E-state index >= 15 is 0 Å². The molecule has 0 aliphatic heterocycles. The maximum atomic E-state index is 13.0. The zero-order chi connectivity index (χ0) is 16.5. The van der Waals surface area contributed by atoms with Gasteiger partial charge in [-0.05, 0) is 31.0 Å². The lowest BCUT2D eigenvalue weighted by atomic mass is 9.88.